The molecular weight excluding hydrogens is 286 g/mol. The largest absolute Gasteiger partial charge is 0.493 e. The Labute approximate surface area is 129 Å². The number of hydrogen-bond acceptors (Lipinski definition) is 5. The molecule has 0 radical (unpaired) electrons. The van der Waals surface area contributed by atoms with E-state index in [0.717, 1.165) is 5.56 Å². The second-order valence-corrected chi connectivity index (χ2v) is 5.14. The number of nitrogens with one attached hydrogen (secondary N) is 1. The van der Waals surface area contributed by atoms with Crippen LogP contribution in [0.15, 0.2) is 18.2 Å². The van der Waals surface area contributed by atoms with Crippen LogP contribution in [0.25, 0.3) is 0 Å². The Bertz CT molecular complexity index is 562. The number of rotatable bonds is 6. The van der Waals surface area contributed by atoms with E-state index in [2.05, 4.69) is 5.32 Å². The summed E-state index contributed by atoms with van der Waals surface area (Å²) < 4.78 is 10.5. The first-order valence-electron chi connectivity index (χ1n) is 7.06. The fourth-order valence-electron chi connectivity index (χ4n) is 2.58. The maximum atomic E-state index is 11.9. The van der Waals surface area contributed by atoms with E-state index in [1.807, 2.05) is 23.1 Å². The molecule has 3 N–H and O–H groups in total. The van der Waals surface area contributed by atoms with Crippen LogP contribution in [0.4, 0.5) is 0 Å². The fraction of sp³-hybridized carbons (Fsp3) is 0.467. The van der Waals surface area contributed by atoms with Crippen LogP contribution in [0.5, 0.6) is 11.5 Å². The number of carbonyl (C=O) groups is 2. The van der Waals surface area contributed by atoms with Crippen LogP contribution in [-0.2, 0) is 16.1 Å². The minimum absolute atomic E-state index is 0.0130. The molecule has 0 bridgehead atoms. The van der Waals surface area contributed by atoms with Crippen molar-refractivity contribution < 1.29 is 19.1 Å². The van der Waals surface area contributed by atoms with Crippen LogP contribution >= 0.6 is 0 Å². The Hall–Kier alpha value is -2.28. The van der Waals surface area contributed by atoms with Gasteiger partial charge in [-0.15, -0.1) is 0 Å². The standard InChI is InChI=1S/C15H21N3O4/c1-21-12-4-3-10(7-13(12)22-2)9-18-6-5-17-15(20)11(18)8-14(16)19/h3-4,7,11H,5-6,8-9H2,1-2H3,(H2,16,19)(H,17,20)/t11-/m0/s1. The smallest absolute Gasteiger partial charge is 0.237 e. The summed E-state index contributed by atoms with van der Waals surface area (Å²) in [7, 11) is 3.15. The zero-order valence-corrected chi connectivity index (χ0v) is 12.8. The molecule has 1 aromatic rings. The van der Waals surface area contributed by atoms with Crippen molar-refractivity contribution >= 4 is 11.8 Å². The predicted molar refractivity (Wildman–Crippen MR) is 80.6 cm³/mol. The summed E-state index contributed by atoms with van der Waals surface area (Å²) in [6, 6.07) is 5.07. The molecule has 0 aliphatic carbocycles. The summed E-state index contributed by atoms with van der Waals surface area (Å²) in [5, 5.41) is 2.76. The van der Waals surface area contributed by atoms with Crippen molar-refractivity contribution in [1.82, 2.24) is 10.2 Å². The Morgan fingerprint density at radius 1 is 1.36 bits per heavy atom. The van der Waals surface area contributed by atoms with Gasteiger partial charge >= 0.3 is 0 Å². The highest BCUT2D eigenvalue weighted by Gasteiger charge is 2.30. The Balaban J connectivity index is 2.16. The van der Waals surface area contributed by atoms with Crippen molar-refractivity contribution in [2.75, 3.05) is 27.3 Å². The molecule has 0 spiro atoms. The first-order chi connectivity index (χ1) is 10.5. The second kappa shape index (κ2) is 7.13. The highest BCUT2D eigenvalue weighted by atomic mass is 16.5. The van der Waals surface area contributed by atoms with Crippen molar-refractivity contribution in [3.8, 4) is 11.5 Å². The van der Waals surface area contributed by atoms with Gasteiger partial charge in [0, 0.05) is 19.6 Å². The Morgan fingerprint density at radius 3 is 2.73 bits per heavy atom. The quantitative estimate of drug-likeness (QED) is 0.764. The number of nitrogens with zero attached hydrogens (tertiary/aromatic N) is 1. The lowest BCUT2D eigenvalue weighted by Gasteiger charge is -2.34. The van der Waals surface area contributed by atoms with Gasteiger partial charge < -0.3 is 20.5 Å². The first kappa shape index (κ1) is 16.1. The molecule has 1 saturated heterocycles. The summed E-state index contributed by atoms with van der Waals surface area (Å²) in [6.45, 7) is 1.76. The van der Waals surface area contributed by atoms with Gasteiger partial charge in [0.1, 0.15) is 0 Å². The van der Waals surface area contributed by atoms with Gasteiger partial charge in [0.2, 0.25) is 11.8 Å². The topological polar surface area (TPSA) is 93.9 Å². The van der Waals surface area contributed by atoms with Crippen molar-refractivity contribution in [1.29, 1.82) is 0 Å². The van der Waals surface area contributed by atoms with Gasteiger partial charge in [0.25, 0.3) is 0 Å². The molecule has 1 heterocycles. The number of amides is 2. The number of benzene rings is 1. The zero-order valence-electron chi connectivity index (χ0n) is 12.8. The normalized spacial score (nSPS) is 18.6. The van der Waals surface area contributed by atoms with Gasteiger partial charge in [-0.1, -0.05) is 6.07 Å². The molecule has 0 saturated carbocycles. The number of ether oxygens (including phenoxy) is 2. The van der Waals surface area contributed by atoms with Crippen LogP contribution in [0, 0.1) is 0 Å². The van der Waals surface area contributed by atoms with E-state index in [1.54, 1.807) is 14.2 Å². The van der Waals surface area contributed by atoms with Gasteiger partial charge in [-0.05, 0) is 17.7 Å². The highest BCUT2D eigenvalue weighted by molar-refractivity contribution is 5.88. The van der Waals surface area contributed by atoms with Gasteiger partial charge in [-0.25, -0.2) is 0 Å². The van der Waals surface area contributed by atoms with E-state index in [4.69, 9.17) is 15.2 Å². The maximum Gasteiger partial charge on any atom is 0.237 e. The van der Waals surface area contributed by atoms with Gasteiger partial charge in [0.05, 0.1) is 26.7 Å². The second-order valence-electron chi connectivity index (χ2n) is 5.14. The molecule has 1 aliphatic heterocycles. The van der Waals surface area contributed by atoms with E-state index in [0.29, 0.717) is 31.1 Å². The number of methoxy groups -OCH3 is 2. The van der Waals surface area contributed by atoms with Crippen LogP contribution in [0.2, 0.25) is 0 Å². The molecule has 7 nitrogen and oxygen atoms in total. The monoisotopic (exact) mass is 307 g/mol. The van der Waals surface area contributed by atoms with Crippen molar-refractivity contribution in [3.05, 3.63) is 23.8 Å². The van der Waals surface area contributed by atoms with E-state index < -0.39 is 11.9 Å². The predicted octanol–water partition coefficient (Wildman–Crippen LogP) is -0.120. The minimum atomic E-state index is -0.528. The van der Waals surface area contributed by atoms with Crippen molar-refractivity contribution in [3.63, 3.8) is 0 Å². The summed E-state index contributed by atoms with van der Waals surface area (Å²) >= 11 is 0. The molecule has 1 aliphatic rings. The van der Waals surface area contributed by atoms with Crippen LogP contribution < -0.4 is 20.5 Å². The third kappa shape index (κ3) is 3.67. The van der Waals surface area contributed by atoms with Gasteiger partial charge in [-0.3, -0.25) is 14.5 Å². The van der Waals surface area contributed by atoms with Crippen LogP contribution in [0.1, 0.15) is 12.0 Å². The summed E-state index contributed by atoms with van der Waals surface area (Å²) in [6.07, 6.45) is 0.0130. The van der Waals surface area contributed by atoms with Crippen LogP contribution in [0.3, 0.4) is 0 Å². The molecule has 0 aromatic heterocycles. The molecule has 1 atom stereocenters. The van der Waals surface area contributed by atoms with Gasteiger partial charge in [0.15, 0.2) is 11.5 Å². The average Bonchev–Trinajstić information content (AvgIpc) is 2.50. The Morgan fingerprint density at radius 2 is 2.09 bits per heavy atom. The lowest BCUT2D eigenvalue weighted by Crippen LogP contribution is -2.55. The number of hydrogen-bond donors (Lipinski definition) is 2. The highest BCUT2D eigenvalue weighted by Crippen LogP contribution is 2.28. The molecule has 1 aromatic carbocycles. The Kier molecular flexibility index (Phi) is 5.21. The number of primary amides is 1. The number of piperazine rings is 1. The van der Waals surface area contributed by atoms with E-state index in [1.165, 1.54) is 0 Å². The average molecular weight is 307 g/mol. The third-order valence-corrected chi connectivity index (χ3v) is 3.67. The molecule has 1 fully saturated rings. The molecule has 2 rings (SSSR count). The molecule has 22 heavy (non-hydrogen) atoms. The number of nitrogens with two attached hydrogens (primary N) is 1. The van der Waals surface area contributed by atoms with Crippen molar-refractivity contribution in [2.45, 2.75) is 19.0 Å². The molecule has 0 unspecified atom stereocenters. The first-order valence-corrected chi connectivity index (χ1v) is 7.06. The molecule has 2 amide bonds. The zero-order chi connectivity index (χ0) is 16.1. The fourth-order valence-corrected chi connectivity index (χ4v) is 2.58. The molecule has 7 heteroatoms. The maximum absolute atomic E-state index is 11.9. The molecular formula is C15H21N3O4. The number of carbonyl (C=O) groups excluding carboxylic acids is 2. The van der Waals surface area contributed by atoms with E-state index in [-0.39, 0.29) is 12.3 Å². The van der Waals surface area contributed by atoms with Crippen LogP contribution in [-0.4, -0.2) is 50.1 Å². The summed E-state index contributed by atoms with van der Waals surface area (Å²) in [4.78, 5) is 25.1. The van der Waals surface area contributed by atoms with Gasteiger partial charge in [-0.2, -0.15) is 0 Å². The van der Waals surface area contributed by atoms with E-state index in [9.17, 15) is 9.59 Å². The van der Waals surface area contributed by atoms with E-state index >= 15 is 0 Å². The minimum Gasteiger partial charge on any atom is -0.493 e. The lowest BCUT2D eigenvalue weighted by molar-refractivity contribution is -0.133. The van der Waals surface area contributed by atoms with Crippen molar-refractivity contribution in [2.24, 2.45) is 5.73 Å². The molecule has 120 valence electrons. The summed E-state index contributed by atoms with van der Waals surface area (Å²) in [5.41, 5.74) is 6.22. The SMILES string of the molecule is COc1ccc(CN2CCNC(=O)[C@@H]2CC(N)=O)cc1OC. The summed E-state index contributed by atoms with van der Waals surface area (Å²) in [5.74, 6) is 0.633. The lowest BCUT2D eigenvalue weighted by atomic mass is 10.1. The third-order valence-electron chi connectivity index (χ3n) is 3.67.